The molecular weight excluding hydrogens is 420 g/mol. The molecule has 162 valence electrons. The maximum Gasteiger partial charge on any atom is 0.340 e. The third-order valence-electron chi connectivity index (χ3n) is 5.25. The number of esters is 1. The van der Waals surface area contributed by atoms with E-state index in [0.29, 0.717) is 53.9 Å². The third-order valence-corrected chi connectivity index (χ3v) is 7.10. The van der Waals surface area contributed by atoms with Crippen molar-refractivity contribution in [3.63, 3.8) is 0 Å². The summed E-state index contributed by atoms with van der Waals surface area (Å²) in [7, 11) is -2.16. The summed E-state index contributed by atoms with van der Waals surface area (Å²) >= 11 is 0. The largest absolute Gasteiger partial charge is 0.465 e. The zero-order valence-electron chi connectivity index (χ0n) is 17.0. The van der Waals surface area contributed by atoms with E-state index >= 15 is 0 Å². The second kappa shape index (κ2) is 8.62. The van der Waals surface area contributed by atoms with Crippen molar-refractivity contribution in [2.24, 2.45) is 0 Å². The lowest BCUT2D eigenvalue weighted by atomic mass is 10.1. The number of carbonyl (C=O) groups is 2. The fourth-order valence-corrected chi connectivity index (χ4v) is 5.13. The van der Waals surface area contributed by atoms with Gasteiger partial charge in [0.05, 0.1) is 37.2 Å². The zero-order chi connectivity index (χ0) is 22.0. The molecule has 0 unspecified atom stereocenters. The van der Waals surface area contributed by atoms with Gasteiger partial charge < -0.3 is 9.47 Å². The smallest absolute Gasteiger partial charge is 0.340 e. The number of fused-ring (bicyclic) bond motifs is 1. The maximum atomic E-state index is 13.1. The first kappa shape index (κ1) is 21.2. The molecule has 0 spiro atoms. The van der Waals surface area contributed by atoms with E-state index in [2.05, 4.69) is 0 Å². The molecule has 1 aromatic heterocycles. The van der Waals surface area contributed by atoms with Crippen molar-refractivity contribution < 1.29 is 27.5 Å². The van der Waals surface area contributed by atoms with Crippen LogP contribution in [0.3, 0.4) is 0 Å². The van der Waals surface area contributed by atoms with Crippen molar-refractivity contribution in [1.29, 1.82) is 0 Å². The van der Waals surface area contributed by atoms with Gasteiger partial charge in [0.2, 0.25) is 10.0 Å². The lowest BCUT2D eigenvalue weighted by Gasteiger charge is -2.26. The van der Waals surface area contributed by atoms with Gasteiger partial charge in [0.1, 0.15) is 0 Å². The second-order valence-corrected chi connectivity index (χ2v) is 9.16. The molecule has 0 aliphatic carbocycles. The van der Waals surface area contributed by atoms with E-state index in [4.69, 9.17) is 9.47 Å². The first-order valence-corrected chi connectivity index (χ1v) is 11.4. The molecule has 0 atom stereocenters. The number of carbonyl (C=O) groups excluding carboxylic acids is 2. The standard InChI is InChI=1S/C22H22N2O6S/c1-29-22(26)19-14-24(20-5-3-2-4-18(19)20)21(25)17-8-6-16(7-9-17)15-31(27,28)23-10-12-30-13-11-23/h2-9,14H,10-13,15H2,1H3. The molecule has 4 rings (SSSR count). The van der Waals surface area contributed by atoms with Crippen LogP contribution < -0.4 is 0 Å². The zero-order valence-corrected chi connectivity index (χ0v) is 17.8. The molecule has 1 aliphatic heterocycles. The second-order valence-electron chi connectivity index (χ2n) is 7.19. The molecule has 0 radical (unpaired) electrons. The van der Waals surface area contributed by atoms with Crippen LogP contribution >= 0.6 is 0 Å². The predicted molar refractivity (Wildman–Crippen MR) is 114 cm³/mol. The van der Waals surface area contributed by atoms with Crippen molar-refractivity contribution in [2.75, 3.05) is 33.4 Å². The fraction of sp³-hybridized carbons (Fsp3) is 0.273. The molecule has 8 nitrogen and oxygen atoms in total. The van der Waals surface area contributed by atoms with Gasteiger partial charge >= 0.3 is 5.97 Å². The molecule has 0 saturated carbocycles. The summed E-state index contributed by atoms with van der Waals surface area (Å²) in [5.41, 5.74) is 1.87. The summed E-state index contributed by atoms with van der Waals surface area (Å²) in [4.78, 5) is 25.2. The lowest BCUT2D eigenvalue weighted by Crippen LogP contribution is -2.41. The highest BCUT2D eigenvalue weighted by Gasteiger charge is 2.25. The molecule has 1 aliphatic rings. The highest BCUT2D eigenvalue weighted by molar-refractivity contribution is 7.88. The van der Waals surface area contributed by atoms with E-state index in [0.717, 1.165) is 0 Å². The SMILES string of the molecule is COC(=O)c1cn(C(=O)c2ccc(CS(=O)(=O)N3CCOCC3)cc2)c2ccccc12. The number of methoxy groups -OCH3 is 1. The predicted octanol–water partition coefficient (Wildman–Crippen LogP) is 2.28. The van der Waals surface area contributed by atoms with Gasteiger partial charge in [0.15, 0.2) is 0 Å². The topological polar surface area (TPSA) is 94.9 Å². The van der Waals surface area contributed by atoms with E-state index in [-0.39, 0.29) is 11.7 Å². The van der Waals surface area contributed by atoms with Crippen molar-refractivity contribution in [1.82, 2.24) is 8.87 Å². The fourth-order valence-electron chi connectivity index (χ4n) is 3.63. The number of nitrogens with zero attached hydrogens (tertiary/aromatic N) is 2. The maximum absolute atomic E-state index is 13.1. The van der Waals surface area contributed by atoms with Crippen molar-refractivity contribution in [3.8, 4) is 0 Å². The Morgan fingerprint density at radius 2 is 1.71 bits per heavy atom. The number of ether oxygens (including phenoxy) is 2. The Morgan fingerprint density at radius 3 is 2.39 bits per heavy atom. The molecule has 1 saturated heterocycles. The van der Waals surface area contributed by atoms with Gasteiger partial charge in [-0.25, -0.2) is 13.2 Å². The first-order chi connectivity index (χ1) is 14.9. The van der Waals surface area contributed by atoms with Crippen LogP contribution in [0.15, 0.2) is 54.7 Å². The molecule has 0 bridgehead atoms. The van der Waals surface area contributed by atoms with Crippen LogP contribution in [0.2, 0.25) is 0 Å². The molecule has 0 N–H and O–H groups in total. The van der Waals surface area contributed by atoms with Crippen molar-refractivity contribution in [3.05, 3.63) is 71.4 Å². The number of hydrogen-bond acceptors (Lipinski definition) is 6. The van der Waals surface area contributed by atoms with Crippen LogP contribution in [0.1, 0.15) is 26.3 Å². The van der Waals surface area contributed by atoms with E-state index in [1.807, 2.05) is 0 Å². The number of rotatable bonds is 5. The van der Waals surface area contributed by atoms with Gasteiger partial charge in [-0.1, -0.05) is 30.3 Å². The minimum atomic E-state index is -3.45. The number of sulfonamides is 1. The molecule has 9 heteroatoms. The molecule has 2 aromatic carbocycles. The number of para-hydroxylation sites is 1. The normalized spacial score (nSPS) is 15.1. The van der Waals surface area contributed by atoms with Crippen LogP contribution in [0.5, 0.6) is 0 Å². The molecule has 0 amide bonds. The number of hydrogen-bond donors (Lipinski definition) is 0. The van der Waals surface area contributed by atoms with Gasteiger partial charge in [-0.05, 0) is 23.8 Å². The van der Waals surface area contributed by atoms with Crippen LogP contribution in [-0.2, 0) is 25.2 Å². The summed E-state index contributed by atoms with van der Waals surface area (Å²) in [5, 5.41) is 0.621. The van der Waals surface area contributed by atoms with Gasteiger partial charge in [0.25, 0.3) is 5.91 Å². The summed E-state index contributed by atoms with van der Waals surface area (Å²) in [6.45, 7) is 1.49. The highest BCUT2D eigenvalue weighted by Crippen LogP contribution is 2.23. The monoisotopic (exact) mass is 442 g/mol. The Bertz CT molecular complexity index is 1220. The van der Waals surface area contributed by atoms with E-state index in [1.165, 1.54) is 22.2 Å². The summed E-state index contributed by atoms with van der Waals surface area (Å²) in [6.07, 6.45) is 1.47. The molecule has 3 aromatic rings. The molecule has 1 fully saturated rings. The number of aromatic nitrogens is 1. The van der Waals surface area contributed by atoms with E-state index in [1.54, 1.807) is 48.5 Å². The molecule has 31 heavy (non-hydrogen) atoms. The van der Waals surface area contributed by atoms with Crippen molar-refractivity contribution in [2.45, 2.75) is 5.75 Å². The van der Waals surface area contributed by atoms with Crippen LogP contribution in [0, 0.1) is 0 Å². The van der Waals surface area contributed by atoms with Crippen LogP contribution in [0.25, 0.3) is 10.9 Å². The minimum absolute atomic E-state index is 0.138. The third kappa shape index (κ3) is 4.25. The molecule has 2 heterocycles. The van der Waals surface area contributed by atoms with Crippen LogP contribution in [-0.4, -0.2) is 62.6 Å². The quantitative estimate of drug-likeness (QED) is 0.563. The Balaban J connectivity index is 1.59. The number of benzene rings is 2. The Morgan fingerprint density at radius 1 is 1.03 bits per heavy atom. The van der Waals surface area contributed by atoms with Gasteiger partial charge in [-0.3, -0.25) is 9.36 Å². The molecular formula is C22H22N2O6S. The lowest BCUT2D eigenvalue weighted by molar-refractivity contribution is 0.0603. The number of morpholine rings is 1. The van der Waals surface area contributed by atoms with Crippen LogP contribution in [0.4, 0.5) is 0 Å². The van der Waals surface area contributed by atoms with E-state index in [9.17, 15) is 18.0 Å². The Labute approximate surface area is 180 Å². The summed E-state index contributed by atoms with van der Waals surface area (Å²) in [6, 6.07) is 13.5. The van der Waals surface area contributed by atoms with Gasteiger partial charge in [-0.15, -0.1) is 0 Å². The minimum Gasteiger partial charge on any atom is -0.465 e. The van der Waals surface area contributed by atoms with E-state index < -0.39 is 16.0 Å². The average molecular weight is 442 g/mol. The Kier molecular flexibility index (Phi) is 5.90. The summed E-state index contributed by atoms with van der Waals surface area (Å²) < 4.78 is 38.0. The van der Waals surface area contributed by atoms with Gasteiger partial charge in [0, 0.05) is 30.2 Å². The summed E-state index contributed by atoms with van der Waals surface area (Å²) in [5.74, 6) is -0.985. The van der Waals surface area contributed by atoms with Crippen molar-refractivity contribution >= 4 is 32.8 Å². The Hall–Kier alpha value is -3.01. The highest BCUT2D eigenvalue weighted by atomic mass is 32.2. The average Bonchev–Trinajstić information content (AvgIpc) is 3.19. The van der Waals surface area contributed by atoms with Gasteiger partial charge in [-0.2, -0.15) is 4.31 Å². The first-order valence-electron chi connectivity index (χ1n) is 9.78.